The Hall–Kier alpha value is -2.89. The SMILES string of the molecule is COc1ccc(C(=O)[C@H](C)OC(=O)Cc2ccc(OC)c(F)c2)cc1. The maximum atomic E-state index is 13.6. The highest BCUT2D eigenvalue weighted by Crippen LogP contribution is 2.19. The quantitative estimate of drug-likeness (QED) is 0.569. The van der Waals surface area contributed by atoms with E-state index in [1.54, 1.807) is 30.3 Å². The normalized spacial score (nSPS) is 11.5. The van der Waals surface area contributed by atoms with E-state index in [1.807, 2.05) is 0 Å². The molecule has 2 aromatic rings. The van der Waals surface area contributed by atoms with Crippen LogP contribution < -0.4 is 9.47 Å². The summed E-state index contributed by atoms with van der Waals surface area (Å²) in [6.45, 7) is 1.50. The van der Waals surface area contributed by atoms with Crippen LogP contribution in [-0.2, 0) is 16.0 Å². The Labute approximate surface area is 145 Å². The predicted octanol–water partition coefficient (Wildman–Crippen LogP) is 3.20. The molecule has 0 aromatic heterocycles. The van der Waals surface area contributed by atoms with Crippen molar-refractivity contribution in [1.29, 1.82) is 0 Å². The van der Waals surface area contributed by atoms with Crippen LogP contribution >= 0.6 is 0 Å². The van der Waals surface area contributed by atoms with Crippen LogP contribution in [0.5, 0.6) is 11.5 Å². The van der Waals surface area contributed by atoms with Gasteiger partial charge in [0.2, 0.25) is 5.78 Å². The van der Waals surface area contributed by atoms with Crippen molar-refractivity contribution in [3.8, 4) is 11.5 Å². The Morgan fingerprint density at radius 2 is 1.72 bits per heavy atom. The van der Waals surface area contributed by atoms with Gasteiger partial charge in [-0.1, -0.05) is 6.07 Å². The summed E-state index contributed by atoms with van der Waals surface area (Å²) >= 11 is 0. The van der Waals surface area contributed by atoms with Crippen molar-refractivity contribution in [3.05, 3.63) is 59.4 Å². The molecule has 6 heteroatoms. The highest BCUT2D eigenvalue weighted by Gasteiger charge is 2.20. The molecule has 0 bridgehead atoms. The minimum atomic E-state index is -0.941. The summed E-state index contributed by atoms with van der Waals surface area (Å²) in [4.78, 5) is 24.3. The molecule has 0 N–H and O–H groups in total. The molecule has 0 aliphatic carbocycles. The third-order valence-corrected chi connectivity index (χ3v) is 3.62. The van der Waals surface area contributed by atoms with Crippen LogP contribution in [0.4, 0.5) is 4.39 Å². The fraction of sp³-hybridized carbons (Fsp3) is 0.263. The van der Waals surface area contributed by atoms with Crippen molar-refractivity contribution in [2.75, 3.05) is 14.2 Å². The lowest BCUT2D eigenvalue weighted by Gasteiger charge is -2.13. The van der Waals surface area contributed by atoms with E-state index in [-0.39, 0.29) is 18.0 Å². The molecule has 0 spiro atoms. The first-order chi connectivity index (χ1) is 11.9. The summed E-state index contributed by atoms with van der Waals surface area (Å²) in [5.74, 6) is -0.770. The number of hydrogen-bond donors (Lipinski definition) is 0. The van der Waals surface area contributed by atoms with Crippen LogP contribution in [0.3, 0.4) is 0 Å². The number of rotatable bonds is 7. The number of halogens is 1. The van der Waals surface area contributed by atoms with Crippen LogP contribution in [0.1, 0.15) is 22.8 Å². The number of hydrogen-bond acceptors (Lipinski definition) is 5. The summed E-state index contributed by atoms with van der Waals surface area (Å²) < 4.78 is 28.6. The molecule has 25 heavy (non-hydrogen) atoms. The average molecular weight is 346 g/mol. The molecule has 0 unspecified atom stereocenters. The van der Waals surface area contributed by atoms with Crippen LogP contribution in [0, 0.1) is 5.82 Å². The number of carbonyl (C=O) groups is 2. The van der Waals surface area contributed by atoms with Gasteiger partial charge in [-0.3, -0.25) is 9.59 Å². The molecule has 2 rings (SSSR count). The topological polar surface area (TPSA) is 61.8 Å². The molecule has 5 nitrogen and oxygen atoms in total. The maximum absolute atomic E-state index is 13.6. The third kappa shape index (κ3) is 4.79. The fourth-order valence-electron chi connectivity index (χ4n) is 2.27. The first-order valence-corrected chi connectivity index (χ1v) is 7.64. The number of esters is 1. The second-order valence-corrected chi connectivity index (χ2v) is 5.37. The lowest BCUT2D eigenvalue weighted by Crippen LogP contribution is -2.25. The zero-order valence-electron chi connectivity index (χ0n) is 14.2. The molecule has 2 aromatic carbocycles. The lowest BCUT2D eigenvalue weighted by atomic mass is 10.1. The van der Waals surface area contributed by atoms with Crippen molar-refractivity contribution in [2.24, 2.45) is 0 Å². The van der Waals surface area contributed by atoms with E-state index in [4.69, 9.17) is 14.2 Å². The molecule has 0 aliphatic rings. The third-order valence-electron chi connectivity index (χ3n) is 3.62. The van der Waals surface area contributed by atoms with Crippen LogP contribution in [0.2, 0.25) is 0 Å². The van der Waals surface area contributed by atoms with Crippen LogP contribution in [0.25, 0.3) is 0 Å². The number of ketones is 1. The van der Waals surface area contributed by atoms with E-state index in [0.29, 0.717) is 16.9 Å². The number of carbonyl (C=O) groups excluding carboxylic acids is 2. The molecule has 0 radical (unpaired) electrons. The Balaban J connectivity index is 1.96. The van der Waals surface area contributed by atoms with E-state index in [2.05, 4.69) is 0 Å². The Morgan fingerprint density at radius 1 is 1.04 bits per heavy atom. The summed E-state index contributed by atoms with van der Waals surface area (Å²) in [5.41, 5.74) is 0.851. The first kappa shape index (κ1) is 18.4. The predicted molar refractivity (Wildman–Crippen MR) is 89.5 cm³/mol. The van der Waals surface area contributed by atoms with Crippen LogP contribution in [0.15, 0.2) is 42.5 Å². The van der Waals surface area contributed by atoms with Crippen molar-refractivity contribution in [3.63, 3.8) is 0 Å². The van der Waals surface area contributed by atoms with Gasteiger partial charge in [0.1, 0.15) is 5.75 Å². The number of ether oxygens (including phenoxy) is 3. The average Bonchev–Trinajstić information content (AvgIpc) is 2.61. The highest BCUT2D eigenvalue weighted by molar-refractivity contribution is 6.00. The van der Waals surface area contributed by atoms with Crippen molar-refractivity contribution >= 4 is 11.8 Å². The van der Waals surface area contributed by atoms with E-state index in [0.717, 1.165) is 0 Å². The molecular weight excluding hydrogens is 327 g/mol. The second-order valence-electron chi connectivity index (χ2n) is 5.37. The summed E-state index contributed by atoms with van der Waals surface area (Å²) in [5, 5.41) is 0. The summed E-state index contributed by atoms with van der Waals surface area (Å²) in [7, 11) is 2.89. The number of methoxy groups -OCH3 is 2. The first-order valence-electron chi connectivity index (χ1n) is 7.64. The van der Waals surface area contributed by atoms with E-state index in [9.17, 15) is 14.0 Å². The van der Waals surface area contributed by atoms with Gasteiger partial charge in [0.15, 0.2) is 17.7 Å². The number of Topliss-reactive ketones (excluding diaryl/α,β-unsaturated/α-hetero) is 1. The fourth-order valence-corrected chi connectivity index (χ4v) is 2.27. The molecule has 0 heterocycles. The zero-order valence-corrected chi connectivity index (χ0v) is 14.2. The molecule has 0 aliphatic heterocycles. The van der Waals surface area contributed by atoms with Gasteiger partial charge in [0, 0.05) is 5.56 Å². The molecule has 0 saturated heterocycles. The lowest BCUT2D eigenvalue weighted by molar-refractivity contribution is -0.145. The molecule has 132 valence electrons. The summed E-state index contributed by atoms with van der Waals surface area (Å²) in [6.07, 6.45) is -1.08. The highest BCUT2D eigenvalue weighted by atomic mass is 19.1. The monoisotopic (exact) mass is 346 g/mol. The maximum Gasteiger partial charge on any atom is 0.310 e. The van der Waals surface area contributed by atoms with Gasteiger partial charge in [0.05, 0.1) is 20.6 Å². The Morgan fingerprint density at radius 3 is 2.28 bits per heavy atom. The largest absolute Gasteiger partial charge is 0.497 e. The van der Waals surface area contributed by atoms with Gasteiger partial charge >= 0.3 is 5.97 Å². The summed E-state index contributed by atoms with van der Waals surface area (Å²) in [6, 6.07) is 10.7. The van der Waals surface area contributed by atoms with Gasteiger partial charge < -0.3 is 14.2 Å². The number of benzene rings is 2. The van der Waals surface area contributed by atoms with Crippen LogP contribution in [-0.4, -0.2) is 32.1 Å². The van der Waals surface area contributed by atoms with Gasteiger partial charge in [-0.05, 0) is 48.9 Å². The standard InChI is InChI=1S/C19H19FO5/c1-12(19(22)14-5-7-15(23-2)8-6-14)25-18(21)11-13-4-9-17(24-3)16(20)10-13/h4-10,12H,11H2,1-3H3/t12-/m0/s1. The molecule has 0 fully saturated rings. The Kier molecular flexibility index (Phi) is 6.11. The van der Waals surface area contributed by atoms with Gasteiger partial charge in [-0.15, -0.1) is 0 Å². The zero-order chi connectivity index (χ0) is 18.4. The van der Waals surface area contributed by atoms with Crippen molar-refractivity contribution in [1.82, 2.24) is 0 Å². The molecule has 0 saturated carbocycles. The van der Waals surface area contributed by atoms with E-state index in [1.165, 1.54) is 33.3 Å². The minimum Gasteiger partial charge on any atom is -0.497 e. The van der Waals surface area contributed by atoms with Crippen molar-refractivity contribution < 1.29 is 28.2 Å². The van der Waals surface area contributed by atoms with Gasteiger partial charge in [0.25, 0.3) is 0 Å². The smallest absolute Gasteiger partial charge is 0.310 e. The van der Waals surface area contributed by atoms with Crippen molar-refractivity contribution in [2.45, 2.75) is 19.4 Å². The van der Waals surface area contributed by atoms with Gasteiger partial charge in [-0.25, -0.2) is 4.39 Å². The van der Waals surface area contributed by atoms with E-state index >= 15 is 0 Å². The molecular formula is C19H19FO5. The molecule has 1 atom stereocenters. The van der Waals surface area contributed by atoms with E-state index < -0.39 is 17.9 Å². The molecule has 0 amide bonds. The Bertz CT molecular complexity index is 755. The second kappa shape index (κ2) is 8.28. The minimum absolute atomic E-state index is 0.0974. The van der Waals surface area contributed by atoms with Gasteiger partial charge in [-0.2, -0.15) is 0 Å².